The number of carbonyl (C=O) groups is 1. The zero-order valence-corrected chi connectivity index (χ0v) is 13.2. The van der Waals surface area contributed by atoms with Crippen LogP contribution in [-0.2, 0) is 11.3 Å². The number of amides is 1. The first kappa shape index (κ1) is 16.9. The van der Waals surface area contributed by atoms with Crippen LogP contribution in [0.4, 0.5) is 4.79 Å². The average Bonchev–Trinajstić information content (AvgIpc) is 2.64. The van der Waals surface area contributed by atoms with E-state index in [0.29, 0.717) is 16.9 Å². The molecule has 0 spiro atoms. The molecular weight excluding hydrogens is 304 g/mol. The molecule has 2 rings (SSSR count). The van der Waals surface area contributed by atoms with Crippen LogP contribution >= 0.6 is 0 Å². The summed E-state index contributed by atoms with van der Waals surface area (Å²) in [6, 6.07) is 16.6. The third-order valence-corrected chi connectivity index (χ3v) is 3.11. The molecule has 0 aliphatic carbocycles. The van der Waals surface area contributed by atoms with Gasteiger partial charge in [-0.15, -0.1) is 0 Å². The van der Waals surface area contributed by atoms with Crippen LogP contribution < -0.4 is 10.1 Å². The Morgan fingerprint density at radius 1 is 1.17 bits per heavy atom. The molecule has 0 fully saturated rings. The molecule has 0 bridgehead atoms. The number of nitriles is 1. The number of methoxy groups -OCH3 is 1. The van der Waals surface area contributed by atoms with Crippen molar-refractivity contribution >= 4 is 6.09 Å². The van der Waals surface area contributed by atoms with E-state index < -0.39 is 6.09 Å². The van der Waals surface area contributed by atoms with Gasteiger partial charge < -0.3 is 14.8 Å². The molecule has 0 aliphatic heterocycles. The van der Waals surface area contributed by atoms with Crippen molar-refractivity contribution in [2.45, 2.75) is 6.61 Å². The van der Waals surface area contributed by atoms with Gasteiger partial charge in [0.15, 0.2) is 0 Å². The van der Waals surface area contributed by atoms with Crippen LogP contribution in [0.25, 0.3) is 0 Å². The smallest absolute Gasteiger partial charge is 0.408 e. The first-order valence-electron chi connectivity index (χ1n) is 7.25. The van der Waals surface area contributed by atoms with Crippen LogP contribution in [0.1, 0.15) is 16.7 Å². The highest BCUT2D eigenvalue weighted by atomic mass is 16.5. The fourth-order valence-corrected chi connectivity index (χ4v) is 1.95. The zero-order chi connectivity index (χ0) is 17.2. The van der Waals surface area contributed by atoms with Crippen molar-refractivity contribution in [2.24, 2.45) is 0 Å². The second kappa shape index (κ2) is 8.87. The fraction of sp³-hybridized carbons (Fsp3) is 0.158. The second-order valence-electron chi connectivity index (χ2n) is 4.71. The summed E-state index contributed by atoms with van der Waals surface area (Å²) in [4.78, 5) is 11.6. The van der Waals surface area contributed by atoms with E-state index in [2.05, 4.69) is 23.2 Å². The molecule has 1 N–H and O–H groups in total. The maximum absolute atomic E-state index is 11.6. The molecule has 0 aliphatic rings. The third-order valence-electron chi connectivity index (χ3n) is 3.11. The fourth-order valence-electron chi connectivity index (χ4n) is 1.95. The minimum Gasteiger partial charge on any atom is -0.495 e. The molecule has 0 unspecified atom stereocenters. The molecule has 0 saturated carbocycles. The summed E-state index contributed by atoms with van der Waals surface area (Å²) in [5.74, 6) is 6.11. The Bertz CT molecular complexity index is 799. The minimum absolute atomic E-state index is 0.121. The Kier molecular flexibility index (Phi) is 6.25. The van der Waals surface area contributed by atoms with E-state index in [1.165, 1.54) is 7.11 Å². The molecular formula is C19H16N2O3. The Labute approximate surface area is 140 Å². The molecule has 0 saturated heterocycles. The van der Waals surface area contributed by atoms with E-state index in [4.69, 9.17) is 14.7 Å². The first-order chi connectivity index (χ1) is 11.7. The topological polar surface area (TPSA) is 71.3 Å². The highest BCUT2D eigenvalue weighted by Crippen LogP contribution is 2.20. The summed E-state index contributed by atoms with van der Waals surface area (Å²) >= 11 is 0. The van der Waals surface area contributed by atoms with E-state index in [9.17, 15) is 4.79 Å². The lowest BCUT2D eigenvalue weighted by molar-refractivity contribution is 0.141. The molecule has 24 heavy (non-hydrogen) atoms. The lowest BCUT2D eigenvalue weighted by atomic mass is 10.1. The van der Waals surface area contributed by atoms with Crippen LogP contribution in [0.3, 0.4) is 0 Å². The third kappa shape index (κ3) is 4.79. The molecule has 120 valence electrons. The number of ether oxygens (including phenoxy) is 2. The van der Waals surface area contributed by atoms with Gasteiger partial charge in [0.25, 0.3) is 0 Å². The van der Waals surface area contributed by atoms with Gasteiger partial charge in [-0.3, -0.25) is 0 Å². The summed E-state index contributed by atoms with van der Waals surface area (Å²) in [7, 11) is 1.50. The maximum atomic E-state index is 11.6. The molecule has 0 atom stereocenters. The number of hydrogen-bond donors (Lipinski definition) is 1. The standard InChI is InChI=1S/C19H16N2O3/c1-23-18-11-5-9-16(17(18)13-20)10-6-12-21-19(22)24-14-15-7-3-2-4-8-15/h2-5,7-9,11H,12,14H2,1H3,(H,21,22). The largest absolute Gasteiger partial charge is 0.495 e. The van der Waals surface area contributed by atoms with Crippen molar-refractivity contribution < 1.29 is 14.3 Å². The van der Waals surface area contributed by atoms with Crippen molar-refractivity contribution in [2.75, 3.05) is 13.7 Å². The number of carbonyl (C=O) groups excluding carboxylic acids is 1. The SMILES string of the molecule is COc1cccc(C#CCNC(=O)OCc2ccccc2)c1C#N. The van der Waals surface area contributed by atoms with Gasteiger partial charge in [0.2, 0.25) is 0 Å². The van der Waals surface area contributed by atoms with Gasteiger partial charge in [0.05, 0.1) is 13.7 Å². The molecule has 0 aromatic heterocycles. The van der Waals surface area contributed by atoms with Gasteiger partial charge in [0, 0.05) is 5.56 Å². The monoisotopic (exact) mass is 320 g/mol. The number of benzene rings is 2. The molecule has 5 nitrogen and oxygen atoms in total. The van der Waals surface area contributed by atoms with Crippen molar-refractivity contribution in [1.29, 1.82) is 5.26 Å². The lowest BCUT2D eigenvalue weighted by Crippen LogP contribution is -2.24. The van der Waals surface area contributed by atoms with Crippen LogP contribution in [0.2, 0.25) is 0 Å². The number of rotatable bonds is 4. The molecule has 0 radical (unpaired) electrons. The highest BCUT2D eigenvalue weighted by molar-refractivity contribution is 5.67. The van der Waals surface area contributed by atoms with Crippen molar-refractivity contribution in [3.63, 3.8) is 0 Å². The van der Waals surface area contributed by atoms with E-state index in [0.717, 1.165) is 5.56 Å². The van der Waals surface area contributed by atoms with Gasteiger partial charge in [-0.2, -0.15) is 5.26 Å². The Balaban J connectivity index is 1.86. The molecule has 0 heterocycles. The van der Waals surface area contributed by atoms with Crippen LogP contribution in [-0.4, -0.2) is 19.7 Å². The van der Waals surface area contributed by atoms with E-state index in [1.54, 1.807) is 18.2 Å². The van der Waals surface area contributed by atoms with Crippen LogP contribution in [0.5, 0.6) is 5.75 Å². The maximum Gasteiger partial charge on any atom is 0.408 e. The molecule has 5 heteroatoms. The lowest BCUT2D eigenvalue weighted by Gasteiger charge is -2.04. The predicted octanol–water partition coefficient (Wildman–Crippen LogP) is 2.84. The van der Waals surface area contributed by atoms with Crippen molar-refractivity contribution in [1.82, 2.24) is 5.32 Å². The van der Waals surface area contributed by atoms with Gasteiger partial charge in [0.1, 0.15) is 24.0 Å². The van der Waals surface area contributed by atoms with Crippen molar-refractivity contribution in [3.05, 3.63) is 65.2 Å². The Morgan fingerprint density at radius 2 is 1.96 bits per heavy atom. The average molecular weight is 320 g/mol. The highest BCUT2D eigenvalue weighted by Gasteiger charge is 2.06. The summed E-state index contributed by atoms with van der Waals surface area (Å²) in [5, 5.41) is 11.7. The number of hydrogen-bond acceptors (Lipinski definition) is 4. The van der Waals surface area contributed by atoms with Crippen molar-refractivity contribution in [3.8, 4) is 23.7 Å². The normalized spacial score (nSPS) is 9.17. The van der Waals surface area contributed by atoms with Gasteiger partial charge in [-0.05, 0) is 17.7 Å². The van der Waals surface area contributed by atoms with Crippen LogP contribution in [0, 0.1) is 23.2 Å². The minimum atomic E-state index is -0.542. The van der Waals surface area contributed by atoms with Gasteiger partial charge in [-0.25, -0.2) is 4.79 Å². The number of nitrogens with zero attached hydrogens (tertiary/aromatic N) is 1. The summed E-state index contributed by atoms with van der Waals surface area (Å²) in [6.07, 6.45) is -0.542. The molecule has 2 aromatic rings. The summed E-state index contributed by atoms with van der Waals surface area (Å²) in [5.41, 5.74) is 1.84. The van der Waals surface area contributed by atoms with Gasteiger partial charge >= 0.3 is 6.09 Å². The number of alkyl carbamates (subject to hydrolysis) is 1. The first-order valence-corrected chi connectivity index (χ1v) is 7.25. The molecule has 1 amide bonds. The van der Waals surface area contributed by atoms with Gasteiger partial charge in [-0.1, -0.05) is 48.2 Å². The second-order valence-corrected chi connectivity index (χ2v) is 4.71. The Morgan fingerprint density at radius 3 is 2.67 bits per heavy atom. The summed E-state index contributed by atoms with van der Waals surface area (Å²) in [6.45, 7) is 0.324. The zero-order valence-electron chi connectivity index (χ0n) is 13.2. The Hall–Kier alpha value is -3.44. The molecule has 2 aromatic carbocycles. The predicted molar refractivity (Wildman–Crippen MR) is 89.2 cm³/mol. The van der Waals surface area contributed by atoms with E-state index in [-0.39, 0.29) is 13.2 Å². The number of nitrogens with one attached hydrogen (secondary N) is 1. The quantitative estimate of drug-likeness (QED) is 0.879. The van der Waals surface area contributed by atoms with E-state index in [1.807, 2.05) is 30.3 Å². The van der Waals surface area contributed by atoms with Crippen LogP contribution in [0.15, 0.2) is 48.5 Å². The summed E-state index contributed by atoms with van der Waals surface area (Å²) < 4.78 is 10.2. The van der Waals surface area contributed by atoms with E-state index >= 15 is 0 Å².